The molecule has 1 unspecified atom stereocenters. The van der Waals surface area contributed by atoms with Crippen LogP contribution in [-0.2, 0) is 6.42 Å². The third-order valence-electron chi connectivity index (χ3n) is 6.08. The van der Waals surface area contributed by atoms with Crippen molar-refractivity contribution in [2.45, 2.75) is 46.0 Å². The van der Waals surface area contributed by atoms with Crippen LogP contribution in [0.25, 0.3) is 16.8 Å². The number of aryl methyl sites for hydroxylation is 1. The first kappa shape index (κ1) is 21.0. The molecule has 0 radical (unpaired) electrons. The van der Waals surface area contributed by atoms with E-state index in [1.807, 2.05) is 25.1 Å². The minimum Gasteiger partial charge on any atom is -0.481 e. The van der Waals surface area contributed by atoms with E-state index in [0.29, 0.717) is 23.9 Å². The molecule has 0 amide bonds. The van der Waals surface area contributed by atoms with E-state index in [2.05, 4.69) is 28.8 Å². The molecule has 160 valence electrons. The van der Waals surface area contributed by atoms with E-state index >= 15 is 0 Å². The Kier molecular flexibility index (Phi) is 5.72. The summed E-state index contributed by atoms with van der Waals surface area (Å²) < 4.78 is 19.6. The zero-order chi connectivity index (χ0) is 22.1. The highest BCUT2D eigenvalue weighted by Crippen LogP contribution is 2.44. The van der Waals surface area contributed by atoms with Gasteiger partial charge in [0, 0.05) is 17.2 Å². The fraction of sp³-hybridized carbons (Fsp3) is 0.320. The van der Waals surface area contributed by atoms with Crippen molar-refractivity contribution in [1.29, 1.82) is 0 Å². The minimum absolute atomic E-state index is 0.126. The third kappa shape index (κ3) is 4.02. The normalized spacial score (nSPS) is 17.3. The van der Waals surface area contributed by atoms with Crippen LogP contribution in [0.4, 0.5) is 10.3 Å². The molecule has 6 heteroatoms. The Labute approximate surface area is 182 Å². The van der Waals surface area contributed by atoms with Crippen LogP contribution in [0.3, 0.4) is 0 Å². The molecule has 0 spiro atoms. The second-order valence-corrected chi connectivity index (χ2v) is 8.00. The van der Waals surface area contributed by atoms with Crippen LogP contribution in [0.1, 0.15) is 55.1 Å². The summed E-state index contributed by atoms with van der Waals surface area (Å²) in [6.45, 7) is 6.30. The number of nitrogens with two attached hydrogens (primary N) is 1. The van der Waals surface area contributed by atoms with Crippen molar-refractivity contribution >= 4 is 11.5 Å². The maximum atomic E-state index is 14.3. The highest BCUT2D eigenvalue weighted by atomic mass is 19.1. The lowest BCUT2D eigenvalue weighted by Gasteiger charge is -2.30. The molecule has 2 aromatic heterocycles. The smallest absolute Gasteiger partial charge is 0.220 e. The molecule has 0 bridgehead atoms. The Morgan fingerprint density at radius 1 is 1.16 bits per heavy atom. The summed E-state index contributed by atoms with van der Waals surface area (Å²) in [7, 11) is 1.58. The molecular formula is C25H27FN4O. The van der Waals surface area contributed by atoms with Crippen LogP contribution in [0, 0.1) is 12.7 Å². The molecular weight excluding hydrogens is 391 g/mol. The number of anilines is 1. The number of nitrogen functional groups attached to an aromatic ring is 1. The summed E-state index contributed by atoms with van der Waals surface area (Å²) in [6.07, 6.45) is 2.49. The summed E-state index contributed by atoms with van der Waals surface area (Å²) in [5, 5.41) is 0. The van der Waals surface area contributed by atoms with Crippen LogP contribution >= 0.6 is 0 Å². The summed E-state index contributed by atoms with van der Waals surface area (Å²) >= 11 is 0. The molecule has 0 saturated heterocycles. The molecule has 0 saturated carbocycles. The van der Waals surface area contributed by atoms with Gasteiger partial charge in [0.25, 0.3) is 0 Å². The van der Waals surface area contributed by atoms with Gasteiger partial charge in [-0.05, 0) is 68.4 Å². The number of benzene rings is 1. The van der Waals surface area contributed by atoms with Crippen molar-refractivity contribution in [2.24, 2.45) is 0 Å². The second kappa shape index (κ2) is 8.46. The van der Waals surface area contributed by atoms with Crippen molar-refractivity contribution in [3.8, 4) is 17.1 Å². The van der Waals surface area contributed by atoms with Gasteiger partial charge in [0.15, 0.2) is 0 Å². The SMILES string of the molecule is CC/C(C)=C1/CC(c2ccc(F)cc2-c2cccc(OC)n2)Cc2nc(N)nc(C)c21. The monoisotopic (exact) mass is 418 g/mol. The molecule has 1 aromatic carbocycles. The summed E-state index contributed by atoms with van der Waals surface area (Å²) in [5.74, 6) is 0.628. The largest absolute Gasteiger partial charge is 0.481 e. The fourth-order valence-electron chi connectivity index (χ4n) is 4.46. The number of allylic oxidation sites excluding steroid dienone is 2. The third-order valence-corrected chi connectivity index (χ3v) is 6.08. The Bertz CT molecular complexity index is 1170. The number of halogens is 1. The van der Waals surface area contributed by atoms with Gasteiger partial charge in [-0.15, -0.1) is 0 Å². The van der Waals surface area contributed by atoms with Gasteiger partial charge >= 0.3 is 0 Å². The molecule has 31 heavy (non-hydrogen) atoms. The van der Waals surface area contributed by atoms with Crippen molar-refractivity contribution in [1.82, 2.24) is 15.0 Å². The minimum atomic E-state index is -0.289. The number of hydrogen-bond donors (Lipinski definition) is 1. The molecule has 5 nitrogen and oxygen atoms in total. The van der Waals surface area contributed by atoms with Gasteiger partial charge in [-0.2, -0.15) is 0 Å². The standard InChI is InChI=1S/C25H27FN4O/c1-5-14(2)19-11-16(12-22-24(19)15(3)28-25(27)30-22)18-10-9-17(26)13-20(18)21-7-6-8-23(29-21)31-4/h6-10,13,16H,5,11-12H2,1-4H3,(H2,27,28,30)/b19-14-. The molecule has 1 atom stereocenters. The Balaban J connectivity index is 1.87. The highest BCUT2D eigenvalue weighted by Gasteiger charge is 2.30. The Hall–Kier alpha value is -3.28. The van der Waals surface area contributed by atoms with Gasteiger partial charge in [0.1, 0.15) is 5.82 Å². The Morgan fingerprint density at radius 3 is 2.71 bits per heavy atom. The van der Waals surface area contributed by atoms with Crippen LogP contribution in [-0.4, -0.2) is 22.1 Å². The van der Waals surface area contributed by atoms with Gasteiger partial charge in [-0.1, -0.05) is 24.6 Å². The van der Waals surface area contributed by atoms with Gasteiger partial charge in [0.2, 0.25) is 11.8 Å². The molecule has 2 N–H and O–H groups in total. The van der Waals surface area contributed by atoms with Crippen molar-refractivity contribution in [3.05, 3.63) is 70.3 Å². The second-order valence-electron chi connectivity index (χ2n) is 8.00. The molecule has 2 heterocycles. The average molecular weight is 419 g/mol. The van der Waals surface area contributed by atoms with Crippen LogP contribution in [0.15, 0.2) is 42.0 Å². The number of ether oxygens (including phenoxy) is 1. The predicted octanol–water partition coefficient (Wildman–Crippen LogP) is 5.49. The van der Waals surface area contributed by atoms with Crippen LogP contribution in [0.2, 0.25) is 0 Å². The topological polar surface area (TPSA) is 73.9 Å². The molecule has 4 rings (SSSR count). The number of rotatable bonds is 4. The lowest BCUT2D eigenvalue weighted by molar-refractivity contribution is 0.398. The van der Waals surface area contributed by atoms with Crippen molar-refractivity contribution in [2.75, 3.05) is 12.8 Å². The van der Waals surface area contributed by atoms with Crippen molar-refractivity contribution < 1.29 is 9.13 Å². The molecule has 1 aliphatic carbocycles. The molecule has 0 fully saturated rings. The summed E-state index contributed by atoms with van der Waals surface area (Å²) in [6, 6.07) is 10.5. The molecule has 0 aliphatic heterocycles. The van der Waals surface area contributed by atoms with Crippen molar-refractivity contribution in [3.63, 3.8) is 0 Å². The van der Waals surface area contributed by atoms with E-state index in [-0.39, 0.29) is 11.7 Å². The average Bonchev–Trinajstić information content (AvgIpc) is 2.77. The maximum absolute atomic E-state index is 14.3. The van der Waals surface area contributed by atoms with Crippen LogP contribution < -0.4 is 10.5 Å². The van der Waals surface area contributed by atoms with Crippen LogP contribution in [0.5, 0.6) is 5.88 Å². The first-order valence-electron chi connectivity index (χ1n) is 10.5. The zero-order valence-electron chi connectivity index (χ0n) is 18.4. The molecule has 1 aliphatic rings. The van der Waals surface area contributed by atoms with E-state index in [9.17, 15) is 4.39 Å². The highest BCUT2D eigenvalue weighted by molar-refractivity contribution is 5.76. The van der Waals surface area contributed by atoms with E-state index in [0.717, 1.165) is 40.9 Å². The van der Waals surface area contributed by atoms with Gasteiger partial charge in [0.05, 0.1) is 24.2 Å². The summed E-state index contributed by atoms with van der Waals surface area (Å²) in [4.78, 5) is 13.5. The van der Waals surface area contributed by atoms with E-state index < -0.39 is 0 Å². The van der Waals surface area contributed by atoms with E-state index in [1.165, 1.54) is 17.2 Å². The number of methoxy groups -OCH3 is 1. The van der Waals surface area contributed by atoms with Gasteiger partial charge < -0.3 is 10.5 Å². The predicted molar refractivity (Wildman–Crippen MR) is 121 cm³/mol. The number of pyridine rings is 1. The number of fused-ring (bicyclic) bond motifs is 1. The zero-order valence-corrected chi connectivity index (χ0v) is 18.4. The number of nitrogens with zero attached hydrogens (tertiary/aromatic N) is 3. The summed E-state index contributed by atoms with van der Waals surface area (Å²) in [5.41, 5.74) is 14.1. The number of aromatic nitrogens is 3. The van der Waals surface area contributed by atoms with Gasteiger partial charge in [-0.25, -0.2) is 19.3 Å². The first-order chi connectivity index (χ1) is 14.9. The quantitative estimate of drug-likeness (QED) is 0.606. The molecule has 3 aromatic rings. The number of hydrogen-bond acceptors (Lipinski definition) is 5. The Morgan fingerprint density at radius 2 is 1.97 bits per heavy atom. The van der Waals surface area contributed by atoms with E-state index in [1.54, 1.807) is 19.2 Å². The van der Waals surface area contributed by atoms with E-state index in [4.69, 9.17) is 10.5 Å². The first-order valence-corrected chi connectivity index (χ1v) is 10.5. The fourth-order valence-corrected chi connectivity index (χ4v) is 4.46. The lowest BCUT2D eigenvalue weighted by atomic mass is 9.75. The maximum Gasteiger partial charge on any atom is 0.220 e. The van der Waals surface area contributed by atoms with Gasteiger partial charge in [-0.3, -0.25) is 0 Å². The lowest BCUT2D eigenvalue weighted by Crippen LogP contribution is -2.18.